The van der Waals surface area contributed by atoms with Crippen molar-refractivity contribution in [2.24, 2.45) is 0 Å². The predicted octanol–water partition coefficient (Wildman–Crippen LogP) is 2.73. The molecular formula is C13H15ClFNO2. The van der Waals surface area contributed by atoms with E-state index in [9.17, 15) is 9.18 Å². The fourth-order valence-corrected chi connectivity index (χ4v) is 2.35. The number of morpholine rings is 1. The Balaban J connectivity index is 2.22. The number of halogens is 2. The van der Waals surface area contributed by atoms with Crippen molar-refractivity contribution in [1.82, 2.24) is 4.90 Å². The number of amides is 1. The van der Waals surface area contributed by atoms with Gasteiger partial charge in [-0.3, -0.25) is 4.79 Å². The highest BCUT2D eigenvalue weighted by molar-refractivity contribution is 6.31. The summed E-state index contributed by atoms with van der Waals surface area (Å²) in [6, 6.07) is 4.01. The van der Waals surface area contributed by atoms with Crippen LogP contribution in [0.15, 0.2) is 18.2 Å². The van der Waals surface area contributed by atoms with E-state index in [2.05, 4.69) is 0 Å². The molecular weight excluding hydrogens is 257 g/mol. The molecule has 1 saturated heterocycles. The van der Waals surface area contributed by atoms with Crippen molar-refractivity contribution in [3.05, 3.63) is 34.6 Å². The fourth-order valence-electron chi connectivity index (χ4n) is 2.18. The Bertz CT molecular complexity index is 456. The van der Waals surface area contributed by atoms with Crippen LogP contribution in [0.25, 0.3) is 0 Å². The van der Waals surface area contributed by atoms with Gasteiger partial charge in [0.1, 0.15) is 5.82 Å². The minimum atomic E-state index is -0.545. The van der Waals surface area contributed by atoms with Gasteiger partial charge in [0.15, 0.2) is 0 Å². The standard InChI is InChI=1S/C13H15ClFNO2/c1-8-6-16(7-9(2)18-8)13(17)11-5-10(14)3-4-12(11)15/h3-5,8-9H,6-7H2,1-2H3/t8-,9-/m1/s1. The van der Waals surface area contributed by atoms with Crippen LogP contribution in [0, 0.1) is 5.82 Å². The van der Waals surface area contributed by atoms with E-state index in [0.29, 0.717) is 18.1 Å². The molecule has 1 aliphatic heterocycles. The van der Waals surface area contributed by atoms with Gasteiger partial charge in [0.25, 0.3) is 5.91 Å². The second kappa shape index (κ2) is 5.24. The molecule has 18 heavy (non-hydrogen) atoms. The van der Waals surface area contributed by atoms with Crippen molar-refractivity contribution in [2.45, 2.75) is 26.1 Å². The van der Waals surface area contributed by atoms with Crippen LogP contribution >= 0.6 is 11.6 Å². The molecule has 2 atom stereocenters. The van der Waals surface area contributed by atoms with Gasteiger partial charge in [0, 0.05) is 18.1 Å². The maximum Gasteiger partial charge on any atom is 0.257 e. The van der Waals surface area contributed by atoms with Gasteiger partial charge in [0.05, 0.1) is 17.8 Å². The molecule has 0 N–H and O–H groups in total. The van der Waals surface area contributed by atoms with Crippen LogP contribution < -0.4 is 0 Å². The summed E-state index contributed by atoms with van der Waals surface area (Å²) in [6.45, 7) is 4.72. The normalized spacial score (nSPS) is 24.1. The average Bonchev–Trinajstić information content (AvgIpc) is 2.30. The number of hydrogen-bond donors (Lipinski definition) is 0. The highest BCUT2D eigenvalue weighted by Crippen LogP contribution is 2.19. The zero-order chi connectivity index (χ0) is 13.3. The molecule has 5 heteroatoms. The second-order valence-electron chi connectivity index (χ2n) is 4.59. The monoisotopic (exact) mass is 271 g/mol. The maximum absolute atomic E-state index is 13.6. The topological polar surface area (TPSA) is 29.5 Å². The first-order valence-corrected chi connectivity index (χ1v) is 6.25. The third kappa shape index (κ3) is 2.82. The van der Waals surface area contributed by atoms with E-state index in [0.717, 1.165) is 0 Å². The van der Waals surface area contributed by atoms with Crippen molar-refractivity contribution in [1.29, 1.82) is 0 Å². The van der Waals surface area contributed by atoms with Gasteiger partial charge in [-0.1, -0.05) is 11.6 Å². The van der Waals surface area contributed by atoms with Crippen LogP contribution in [0.1, 0.15) is 24.2 Å². The molecule has 1 heterocycles. The summed E-state index contributed by atoms with van der Waals surface area (Å²) >= 11 is 5.80. The Morgan fingerprint density at radius 1 is 1.39 bits per heavy atom. The van der Waals surface area contributed by atoms with Crippen molar-refractivity contribution in [3.8, 4) is 0 Å². The van der Waals surface area contributed by atoms with E-state index in [4.69, 9.17) is 16.3 Å². The zero-order valence-corrected chi connectivity index (χ0v) is 11.1. The van der Waals surface area contributed by atoms with Crippen LogP contribution in [-0.4, -0.2) is 36.1 Å². The summed E-state index contributed by atoms with van der Waals surface area (Å²) in [7, 11) is 0. The third-order valence-corrected chi connectivity index (χ3v) is 3.10. The number of rotatable bonds is 1. The molecule has 1 aromatic rings. The van der Waals surface area contributed by atoms with E-state index in [1.54, 1.807) is 4.90 Å². The predicted molar refractivity (Wildman–Crippen MR) is 67.3 cm³/mol. The molecule has 1 aromatic carbocycles. The first-order chi connectivity index (χ1) is 8.47. The van der Waals surface area contributed by atoms with Gasteiger partial charge >= 0.3 is 0 Å². The van der Waals surface area contributed by atoms with Gasteiger partial charge in [-0.15, -0.1) is 0 Å². The summed E-state index contributed by atoms with van der Waals surface area (Å²) in [4.78, 5) is 13.8. The van der Waals surface area contributed by atoms with Gasteiger partial charge < -0.3 is 9.64 Å². The molecule has 0 aromatic heterocycles. The van der Waals surface area contributed by atoms with E-state index >= 15 is 0 Å². The molecule has 0 saturated carbocycles. The van der Waals surface area contributed by atoms with Crippen molar-refractivity contribution in [3.63, 3.8) is 0 Å². The Morgan fingerprint density at radius 2 is 2.00 bits per heavy atom. The lowest BCUT2D eigenvalue weighted by Crippen LogP contribution is -2.48. The van der Waals surface area contributed by atoms with Crippen LogP contribution in [0.4, 0.5) is 4.39 Å². The highest BCUT2D eigenvalue weighted by Gasteiger charge is 2.28. The van der Waals surface area contributed by atoms with Crippen LogP contribution in [0.2, 0.25) is 5.02 Å². The Morgan fingerprint density at radius 3 is 2.61 bits per heavy atom. The maximum atomic E-state index is 13.6. The Kier molecular flexibility index (Phi) is 3.88. The van der Waals surface area contributed by atoms with Crippen LogP contribution in [-0.2, 0) is 4.74 Å². The van der Waals surface area contributed by atoms with E-state index in [1.807, 2.05) is 13.8 Å². The summed E-state index contributed by atoms with van der Waals surface area (Å²) in [5.74, 6) is -0.881. The summed E-state index contributed by atoms with van der Waals surface area (Å²) in [5, 5.41) is 0.356. The van der Waals surface area contributed by atoms with Gasteiger partial charge in [-0.05, 0) is 32.0 Å². The molecule has 1 aliphatic rings. The van der Waals surface area contributed by atoms with Crippen LogP contribution in [0.5, 0.6) is 0 Å². The third-order valence-electron chi connectivity index (χ3n) is 2.87. The highest BCUT2D eigenvalue weighted by atomic mass is 35.5. The summed E-state index contributed by atoms with van der Waals surface area (Å²) in [5.41, 5.74) is 0.0174. The molecule has 1 fully saturated rings. The SMILES string of the molecule is C[C@@H]1CN(C(=O)c2cc(Cl)ccc2F)C[C@@H](C)O1. The van der Waals surface area contributed by atoms with Gasteiger partial charge in [-0.25, -0.2) is 4.39 Å². The van der Waals surface area contributed by atoms with E-state index < -0.39 is 5.82 Å². The molecule has 98 valence electrons. The summed E-state index contributed by atoms with van der Waals surface area (Å²) < 4.78 is 19.2. The minimum Gasteiger partial charge on any atom is -0.372 e. The van der Waals surface area contributed by atoms with Crippen molar-refractivity contribution >= 4 is 17.5 Å². The second-order valence-corrected chi connectivity index (χ2v) is 5.03. The lowest BCUT2D eigenvalue weighted by molar-refractivity contribution is -0.0587. The average molecular weight is 272 g/mol. The minimum absolute atomic E-state index is 0.0174. The number of carbonyl (C=O) groups is 1. The smallest absolute Gasteiger partial charge is 0.257 e. The van der Waals surface area contributed by atoms with Gasteiger partial charge in [-0.2, -0.15) is 0 Å². The Hall–Kier alpha value is -1.13. The zero-order valence-electron chi connectivity index (χ0n) is 10.3. The molecule has 0 bridgehead atoms. The number of nitrogens with zero attached hydrogens (tertiary/aromatic N) is 1. The molecule has 0 aliphatic carbocycles. The molecule has 1 amide bonds. The molecule has 3 nitrogen and oxygen atoms in total. The summed E-state index contributed by atoms with van der Waals surface area (Å²) in [6.07, 6.45) is -0.0834. The Labute approximate surface area is 110 Å². The number of hydrogen-bond acceptors (Lipinski definition) is 2. The lowest BCUT2D eigenvalue weighted by atomic mass is 10.1. The fraction of sp³-hybridized carbons (Fsp3) is 0.462. The first kappa shape index (κ1) is 13.3. The number of ether oxygens (including phenoxy) is 1. The van der Waals surface area contributed by atoms with Crippen molar-refractivity contribution < 1.29 is 13.9 Å². The first-order valence-electron chi connectivity index (χ1n) is 5.87. The van der Waals surface area contributed by atoms with Crippen molar-refractivity contribution in [2.75, 3.05) is 13.1 Å². The number of benzene rings is 1. The number of carbonyl (C=O) groups excluding carboxylic acids is 1. The molecule has 2 rings (SSSR count). The van der Waals surface area contributed by atoms with Crippen LogP contribution in [0.3, 0.4) is 0 Å². The quantitative estimate of drug-likeness (QED) is 0.786. The molecule has 0 unspecified atom stereocenters. The largest absolute Gasteiger partial charge is 0.372 e. The lowest BCUT2D eigenvalue weighted by Gasteiger charge is -2.35. The van der Waals surface area contributed by atoms with Gasteiger partial charge in [0.2, 0.25) is 0 Å². The van der Waals surface area contributed by atoms with E-state index in [1.165, 1.54) is 18.2 Å². The van der Waals surface area contributed by atoms with E-state index in [-0.39, 0.29) is 23.7 Å². The molecule has 0 spiro atoms. The molecule has 0 radical (unpaired) electrons.